The first-order chi connectivity index (χ1) is 21.4. The van der Waals surface area contributed by atoms with Gasteiger partial charge in [-0.2, -0.15) is 0 Å². The van der Waals surface area contributed by atoms with E-state index in [1.807, 2.05) is 66.9 Å². The highest BCUT2D eigenvalue weighted by Gasteiger charge is 2.70. The quantitative estimate of drug-likeness (QED) is 0.144. The van der Waals surface area contributed by atoms with Gasteiger partial charge in [0.1, 0.15) is 12.1 Å². The molecule has 5 amide bonds. The summed E-state index contributed by atoms with van der Waals surface area (Å²) in [6, 6.07) is 2.75. The van der Waals surface area contributed by atoms with Gasteiger partial charge in [0.2, 0.25) is 17.6 Å². The van der Waals surface area contributed by atoms with Crippen molar-refractivity contribution in [3.05, 3.63) is 29.8 Å². The molecule has 0 spiro atoms. The van der Waals surface area contributed by atoms with E-state index in [4.69, 9.17) is 5.73 Å². The molecular formula is C34H49N5O6S. The lowest BCUT2D eigenvalue weighted by Gasteiger charge is -2.38. The van der Waals surface area contributed by atoms with Crippen molar-refractivity contribution in [3.8, 4) is 0 Å². The molecule has 3 fully saturated rings. The predicted molar refractivity (Wildman–Crippen MR) is 176 cm³/mol. The van der Waals surface area contributed by atoms with Crippen LogP contribution in [-0.4, -0.2) is 77.2 Å². The second kappa shape index (κ2) is 13.4. The fourth-order valence-electron chi connectivity index (χ4n) is 6.76. The molecule has 1 aromatic rings. The molecule has 0 radical (unpaired) electrons. The van der Waals surface area contributed by atoms with Gasteiger partial charge in [0.15, 0.2) is 5.78 Å². The lowest BCUT2D eigenvalue weighted by molar-refractivity contribution is -0.145. The predicted octanol–water partition coefficient (Wildman–Crippen LogP) is 3.15. The number of fused-ring (bicyclic) bond motifs is 1. The maximum Gasteiger partial charge on any atom is 0.316 e. The first-order valence-corrected chi connectivity index (χ1v) is 17.3. The summed E-state index contributed by atoms with van der Waals surface area (Å²) in [6.07, 6.45) is 4.11. The Kier molecular flexibility index (Phi) is 10.3. The molecule has 2 unspecified atom stereocenters. The summed E-state index contributed by atoms with van der Waals surface area (Å²) < 4.78 is 0. The van der Waals surface area contributed by atoms with Crippen molar-refractivity contribution in [2.24, 2.45) is 40.2 Å². The molecule has 2 saturated carbocycles. The molecule has 4 rings (SSSR count). The molecule has 1 aliphatic heterocycles. The SMILES string of the molecule is CSc1ccc(C(=O)[C@@H](NC(=O)N[C@H](C(=O)N2CC3[C@@H]([C@H]2C(=O)NC(CC2CC2)C(=O)C(N)=O)C3(C)C)C(C)(C)C)C(C)C)cc1. The van der Waals surface area contributed by atoms with E-state index in [0.717, 1.165) is 17.7 Å². The number of thioether (sulfide) groups is 1. The van der Waals surface area contributed by atoms with Crippen molar-refractivity contribution in [1.82, 2.24) is 20.9 Å². The zero-order valence-electron chi connectivity index (χ0n) is 28.1. The summed E-state index contributed by atoms with van der Waals surface area (Å²) >= 11 is 1.57. The molecule has 5 N–H and O–H groups in total. The number of Topliss-reactive ketones (excluding diaryl/α,β-unsaturated/α-hetero) is 2. The van der Waals surface area contributed by atoms with Gasteiger partial charge in [0.25, 0.3) is 5.91 Å². The molecular weight excluding hydrogens is 606 g/mol. The highest BCUT2D eigenvalue weighted by Crippen LogP contribution is 2.65. The Bertz CT molecular complexity index is 1380. The third-order valence-corrected chi connectivity index (χ3v) is 10.6. The number of urea groups is 1. The number of hydrogen-bond acceptors (Lipinski definition) is 7. The van der Waals surface area contributed by atoms with Gasteiger partial charge in [-0.15, -0.1) is 11.8 Å². The first kappa shape index (κ1) is 35.4. The molecule has 0 bridgehead atoms. The third-order valence-electron chi connectivity index (χ3n) is 9.90. The van der Waals surface area contributed by atoms with Crippen LogP contribution in [0.3, 0.4) is 0 Å². The van der Waals surface area contributed by atoms with E-state index in [1.54, 1.807) is 23.9 Å². The Labute approximate surface area is 275 Å². The van der Waals surface area contributed by atoms with Crippen molar-refractivity contribution < 1.29 is 28.8 Å². The molecule has 1 saturated heterocycles. The minimum atomic E-state index is -1.10. The van der Waals surface area contributed by atoms with Crippen molar-refractivity contribution in [2.75, 3.05) is 12.8 Å². The van der Waals surface area contributed by atoms with Gasteiger partial charge in [0, 0.05) is 17.0 Å². The van der Waals surface area contributed by atoms with Crippen molar-refractivity contribution in [3.63, 3.8) is 0 Å². The summed E-state index contributed by atoms with van der Waals surface area (Å²) in [5, 5.41) is 8.37. The Morgan fingerprint density at radius 1 is 1.00 bits per heavy atom. The average molecular weight is 656 g/mol. The molecule has 2 aliphatic carbocycles. The minimum absolute atomic E-state index is 0.0656. The molecule has 0 aromatic heterocycles. The zero-order chi connectivity index (χ0) is 34.3. The van der Waals surface area contributed by atoms with Gasteiger partial charge in [-0.05, 0) is 59.3 Å². The molecule has 3 aliphatic rings. The smallest absolute Gasteiger partial charge is 0.316 e. The van der Waals surface area contributed by atoms with E-state index in [-0.39, 0.29) is 34.9 Å². The highest BCUT2D eigenvalue weighted by atomic mass is 32.2. The fourth-order valence-corrected chi connectivity index (χ4v) is 7.17. The van der Waals surface area contributed by atoms with Gasteiger partial charge < -0.3 is 26.6 Å². The number of rotatable bonds is 13. The Balaban J connectivity index is 1.52. The number of hydrogen-bond donors (Lipinski definition) is 4. The van der Waals surface area contributed by atoms with Crippen LogP contribution in [0.1, 0.15) is 78.1 Å². The van der Waals surface area contributed by atoms with Crippen LogP contribution in [0.4, 0.5) is 4.79 Å². The van der Waals surface area contributed by atoms with Gasteiger partial charge in [-0.25, -0.2) is 4.79 Å². The summed E-state index contributed by atoms with van der Waals surface area (Å²) in [6.45, 7) is 13.6. The van der Waals surface area contributed by atoms with E-state index in [2.05, 4.69) is 16.0 Å². The monoisotopic (exact) mass is 655 g/mol. The number of amides is 5. The highest BCUT2D eigenvalue weighted by molar-refractivity contribution is 7.98. The number of carbonyl (C=O) groups is 6. The third kappa shape index (κ3) is 7.58. The van der Waals surface area contributed by atoms with Gasteiger partial charge >= 0.3 is 6.03 Å². The van der Waals surface area contributed by atoms with Gasteiger partial charge in [-0.3, -0.25) is 24.0 Å². The second-order valence-electron chi connectivity index (χ2n) is 15.1. The van der Waals surface area contributed by atoms with Crippen LogP contribution in [0.15, 0.2) is 29.2 Å². The summed E-state index contributed by atoms with van der Waals surface area (Å²) in [5.41, 5.74) is 4.82. The molecule has 6 atom stereocenters. The first-order valence-electron chi connectivity index (χ1n) is 16.1. The maximum absolute atomic E-state index is 14.3. The number of ketones is 2. The van der Waals surface area contributed by atoms with E-state index < -0.39 is 59.1 Å². The lowest BCUT2D eigenvalue weighted by atomic mass is 9.85. The van der Waals surface area contributed by atoms with Gasteiger partial charge in [-0.1, -0.05) is 73.4 Å². The minimum Gasteiger partial charge on any atom is -0.363 e. The number of likely N-dealkylation sites (tertiary alicyclic amines) is 1. The summed E-state index contributed by atoms with van der Waals surface area (Å²) in [5.74, 6) is -3.17. The number of benzene rings is 1. The number of nitrogens with two attached hydrogens (primary N) is 1. The fraction of sp³-hybridized carbons (Fsp3) is 0.647. The molecule has 1 heterocycles. The van der Waals surface area contributed by atoms with Crippen LogP contribution >= 0.6 is 11.8 Å². The normalized spacial score (nSPS) is 23.5. The number of piperidine rings is 1. The standard InChI is InChI=1S/C34H49N5O6S/c1-17(2)24(26(40)19-11-13-20(46-8)14-12-19)37-32(45)38-28(33(3,4)5)31(44)39-16-21-23(34(21,6)7)25(39)30(43)36-22(15-18-9-10-18)27(41)29(35)42/h11-14,17-18,21-25,28H,9-10,15-16H2,1-8H3,(H2,35,42)(H,36,43)(H2,37,38,45)/t21?,22?,23-,24-,25-,28+/m0/s1. The Hall–Kier alpha value is -3.41. The maximum atomic E-state index is 14.3. The Morgan fingerprint density at radius 3 is 2.11 bits per heavy atom. The largest absolute Gasteiger partial charge is 0.363 e. The lowest BCUT2D eigenvalue weighted by Crippen LogP contribution is -2.62. The number of primary amides is 1. The van der Waals surface area contributed by atoms with Crippen LogP contribution in [0.2, 0.25) is 0 Å². The number of nitrogens with zero attached hydrogens (tertiary/aromatic N) is 1. The van der Waals surface area contributed by atoms with E-state index in [0.29, 0.717) is 18.5 Å². The molecule has 1 aromatic carbocycles. The zero-order valence-corrected chi connectivity index (χ0v) is 29.0. The van der Waals surface area contributed by atoms with E-state index in [1.165, 1.54) is 4.90 Å². The average Bonchev–Trinajstić information content (AvgIpc) is 3.84. The molecule has 12 heteroatoms. The van der Waals surface area contributed by atoms with Crippen LogP contribution in [0.25, 0.3) is 0 Å². The number of carbonyl (C=O) groups excluding carboxylic acids is 6. The Morgan fingerprint density at radius 2 is 1.61 bits per heavy atom. The summed E-state index contributed by atoms with van der Waals surface area (Å²) in [4.78, 5) is 81.8. The van der Waals surface area contributed by atoms with E-state index >= 15 is 0 Å². The topological polar surface area (TPSA) is 168 Å². The number of nitrogens with one attached hydrogen (secondary N) is 3. The second-order valence-corrected chi connectivity index (χ2v) is 16.0. The van der Waals surface area contributed by atoms with Crippen molar-refractivity contribution >= 4 is 47.1 Å². The molecule has 11 nitrogen and oxygen atoms in total. The van der Waals surface area contributed by atoms with Crippen LogP contribution in [-0.2, 0) is 19.2 Å². The van der Waals surface area contributed by atoms with Crippen LogP contribution in [0, 0.1) is 34.5 Å². The molecule has 252 valence electrons. The van der Waals surface area contributed by atoms with Gasteiger partial charge in [0.05, 0.1) is 12.1 Å². The molecule has 46 heavy (non-hydrogen) atoms. The summed E-state index contributed by atoms with van der Waals surface area (Å²) in [7, 11) is 0. The van der Waals surface area contributed by atoms with Crippen LogP contribution < -0.4 is 21.7 Å². The van der Waals surface area contributed by atoms with Crippen LogP contribution in [0.5, 0.6) is 0 Å². The van der Waals surface area contributed by atoms with Crippen molar-refractivity contribution in [1.29, 1.82) is 0 Å². The van der Waals surface area contributed by atoms with E-state index in [9.17, 15) is 28.8 Å². The van der Waals surface area contributed by atoms with Crippen molar-refractivity contribution in [2.45, 2.75) is 96.8 Å².